The molecule has 0 amide bonds. The van der Waals surface area contributed by atoms with Gasteiger partial charge in [0.15, 0.2) is 0 Å². The van der Waals surface area contributed by atoms with Gasteiger partial charge in [-0.2, -0.15) is 0 Å². The van der Waals surface area contributed by atoms with E-state index in [2.05, 4.69) is 24.5 Å². The summed E-state index contributed by atoms with van der Waals surface area (Å²) in [5, 5.41) is 0. The van der Waals surface area contributed by atoms with E-state index in [1.54, 1.807) is 0 Å². The van der Waals surface area contributed by atoms with Crippen LogP contribution < -0.4 is 16.0 Å². The topological polar surface area (TPSA) is 47.3 Å². The van der Waals surface area contributed by atoms with Crippen LogP contribution in [-0.4, -0.2) is 12.6 Å². The Morgan fingerprint density at radius 1 is 1.05 bits per heavy atom. The van der Waals surface area contributed by atoms with Crippen LogP contribution in [-0.2, 0) is 6.42 Å². The van der Waals surface area contributed by atoms with E-state index in [1.165, 1.54) is 11.1 Å². The average Bonchev–Trinajstić information content (AvgIpc) is 2.46. The van der Waals surface area contributed by atoms with E-state index < -0.39 is 0 Å². The predicted molar refractivity (Wildman–Crippen MR) is 77.9 cm³/mol. The Morgan fingerprint density at radius 3 is 2.42 bits per heavy atom. The first-order chi connectivity index (χ1) is 9.29. The first-order valence-corrected chi connectivity index (χ1v) is 6.48. The van der Waals surface area contributed by atoms with Gasteiger partial charge in [-0.1, -0.05) is 42.5 Å². The van der Waals surface area contributed by atoms with Crippen molar-refractivity contribution in [3.05, 3.63) is 65.7 Å². The summed E-state index contributed by atoms with van der Waals surface area (Å²) in [6, 6.07) is 18.2. The number of nitrogens with two attached hydrogens (primary N) is 1. The van der Waals surface area contributed by atoms with Crippen molar-refractivity contribution in [1.29, 1.82) is 0 Å². The number of nitrogens with one attached hydrogen (secondary N) is 1. The molecule has 0 aliphatic rings. The Bertz CT molecular complexity index is 499. The molecular formula is C16H20N2O. The summed E-state index contributed by atoms with van der Waals surface area (Å²) in [5.41, 5.74) is 5.40. The van der Waals surface area contributed by atoms with Crippen LogP contribution in [0.4, 0.5) is 0 Å². The number of para-hydroxylation sites is 1. The molecule has 0 spiro atoms. The molecule has 0 aromatic heterocycles. The maximum absolute atomic E-state index is 5.73. The fourth-order valence-electron chi connectivity index (χ4n) is 1.98. The third-order valence-corrected chi connectivity index (χ3v) is 3.16. The highest BCUT2D eigenvalue weighted by Crippen LogP contribution is 2.12. The molecule has 100 valence electrons. The van der Waals surface area contributed by atoms with Gasteiger partial charge in [0.05, 0.1) is 6.04 Å². The van der Waals surface area contributed by atoms with Gasteiger partial charge < -0.3 is 4.74 Å². The van der Waals surface area contributed by atoms with Crippen LogP contribution >= 0.6 is 0 Å². The Hall–Kier alpha value is -1.84. The molecule has 3 N–H and O–H groups in total. The molecule has 3 heteroatoms. The monoisotopic (exact) mass is 256 g/mol. The zero-order chi connectivity index (χ0) is 13.5. The number of hydrogen-bond acceptors (Lipinski definition) is 3. The molecule has 2 rings (SSSR count). The summed E-state index contributed by atoms with van der Waals surface area (Å²) in [5.74, 6) is 6.47. The first-order valence-electron chi connectivity index (χ1n) is 6.48. The lowest BCUT2D eigenvalue weighted by Gasteiger charge is -2.18. The smallest absolute Gasteiger partial charge is 0.119 e. The molecule has 0 radical (unpaired) electrons. The van der Waals surface area contributed by atoms with Crippen LogP contribution in [0.15, 0.2) is 54.6 Å². The van der Waals surface area contributed by atoms with Crippen molar-refractivity contribution in [2.45, 2.75) is 19.4 Å². The summed E-state index contributed by atoms with van der Waals surface area (Å²) in [6.45, 7) is 2.66. The van der Waals surface area contributed by atoms with Gasteiger partial charge in [0.2, 0.25) is 0 Å². The molecule has 0 saturated carbocycles. The van der Waals surface area contributed by atoms with Crippen LogP contribution in [0.2, 0.25) is 0 Å². The van der Waals surface area contributed by atoms with Gasteiger partial charge in [0.1, 0.15) is 12.4 Å². The highest BCUT2D eigenvalue weighted by atomic mass is 16.5. The van der Waals surface area contributed by atoms with Gasteiger partial charge in [-0.3, -0.25) is 11.3 Å². The summed E-state index contributed by atoms with van der Waals surface area (Å²) in [6.07, 6.45) is 0.857. The second kappa shape index (κ2) is 6.92. The SMILES string of the molecule is Cc1ccccc1CC(COc1ccccc1)NN. The van der Waals surface area contributed by atoms with Gasteiger partial charge in [-0.25, -0.2) is 0 Å². The number of ether oxygens (including phenoxy) is 1. The minimum Gasteiger partial charge on any atom is -0.492 e. The van der Waals surface area contributed by atoms with Gasteiger partial charge >= 0.3 is 0 Å². The molecule has 0 saturated heterocycles. The molecule has 2 aromatic rings. The van der Waals surface area contributed by atoms with E-state index in [9.17, 15) is 0 Å². The van der Waals surface area contributed by atoms with Crippen molar-refractivity contribution >= 4 is 0 Å². The van der Waals surface area contributed by atoms with Crippen LogP contribution in [0.1, 0.15) is 11.1 Å². The molecule has 19 heavy (non-hydrogen) atoms. The van der Waals surface area contributed by atoms with Crippen LogP contribution in [0, 0.1) is 6.92 Å². The Balaban J connectivity index is 1.92. The zero-order valence-corrected chi connectivity index (χ0v) is 11.2. The van der Waals surface area contributed by atoms with E-state index in [0.29, 0.717) is 6.61 Å². The summed E-state index contributed by atoms with van der Waals surface area (Å²) in [4.78, 5) is 0. The van der Waals surface area contributed by atoms with Crippen molar-refractivity contribution in [2.75, 3.05) is 6.61 Å². The minimum atomic E-state index is 0.0984. The molecule has 1 unspecified atom stereocenters. The average molecular weight is 256 g/mol. The minimum absolute atomic E-state index is 0.0984. The Kier molecular flexibility index (Phi) is 4.95. The largest absolute Gasteiger partial charge is 0.492 e. The van der Waals surface area contributed by atoms with Crippen molar-refractivity contribution in [3.63, 3.8) is 0 Å². The van der Waals surface area contributed by atoms with E-state index in [4.69, 9.17) is 10.6 Å². The highest BCUT2D eigenvalue weighted by Gasteiger charge is 2.10. The molecule has 0 fully saturated rings. The quantitative estimate of drug-likeness (QED) is 0.616. The van der Waals surface area contributed by atoms with Crippen molar-refractivity contribution < 1.29 is 4.74 Å². The summed E-state index contributed by atoms with van der Waals surface area (Å²) < 4.78 is 5.73. The van der Waals surface area contributed by atoms with Crippen LogP contribution in [0.3, 0.4) is 0 Å². The molecular weight excluding hydrogens is 236 g/mol. The standard InChI is InChI=1S/C16H20N2O/c1-13-7-5-6-8-14(13)11-15(18-17)12-19-16-9-3-2-4-10-16/h2-10,15,18H,11-12,17H2,1H3. The van der Waals surface area contributed by atoms with Crippen molar-refractivity contribution in [2.24, 2.45) is 5.84 Å². The van der Waals surface area contributed by atoms with Gasteiger partial charge in [-0.15, -0.1) is 0 Å². The Labute approximate surface area is 114 Å². The summed E-state index contributed by atoms with van der Waals surface area (Å²) in [7, 11) is 0. The van der Waals surface area contributed by atoms with E-state index in [-0.39, 0.29) is 6.04 Å². The fraction of sp³-hybridized carbons (Fsp3) is 0.250. The lowest BCUT2D eigenvalue weighted by atomic mass is 10.0. The van der Waals surface area contributed by atoms with Crippen molar-refractivity contribution in [1.82, 2.24) is 5.43 Å². The zero-order valence-electron chi connectivity index (χ0n) is 11.2. The van der Waals surface area contributed by atoms with E-state index in [0.717, 1.165) is 12.2 Å². The lowest BCUT2D eigenvalue weighted by Crippen LogP contribution is -2.41. The first kappa shape index (κ1) is 13.6. The number of rotatable bonds is 6. The Morgan fingerprint density at radius 2 is 1.74 bits per heavy atom. The second-order valence-electron chi connectivity index (χ2n) is 4.62. The highest BCUT2D eigenvalue weighted by molar-refractivity contribution is 5.26. The third-order valence-electron chi connectivity index (χ3n) is 3.16. The van der Waals surface area contributed by atoms with Crippen LogP contribution in [0.25, 0.3) is 0 Å². The number of benzene rings is 2. The third kappa shape index (κ3) is 4.09. The molecule has 0 aliphatic heterocycles. The van der Waals surface area contributed by atoms with Gasteiger partial charge in [0.25, 0.3) is 0 Å². The molecule has 0 heterocycles. The van der Waals surface area contributed by atoms with Crippen LogP contribution in [0.5, 0.6) is 5.75 Å². The fourth-order valence-corrected chi connectivity index (χ4v) is 1.98. The molecule has 0 aliphatic carbocycles. The molecule has 3 nitrogen and oxygen atoms in total. The normalized spacial score (nSPS) is 12.1. The number of hydrazine groups is 1. The molecule has 0 bridgehead atoms. The lowest BCUT2D eigenvalue weighted by molar-refractivity contribution is 0.264. The maximum atomic E-state index is 5.73. The van der Waals surface area contributed by atoms with Gasteiger partial charge in [0, 0.05) is 0 Å². The van der Waals surface area contributed by atoms with E-state index >= 15 is 0 Å². The van der Waals surface area contributed by atoms with Crippen molar-refractivity contribution in [3.8, 4) is 5.75 Å². The van der Waals surface area contributed by atoms with E-state index in [1.807, 2.05) is 42.5 Å². The molecule has 2 aromatic carbocycles. The van der Waals surface area contributed by atoms with Gasteiger partial charge in [-0.05, 0) is 36.6 Å². The number of hydrogen-bond donors (Lipinski definition) is 2. The molecule has 1 atom stereocenters. The summed E-state index contributed by atoms with van der Waals surface area (Å²) >= 11 is 0. The number of aryl methyl sites for hydroxylation is 1. The predicted octanol–water partition coefficient (Wildman–Crippen LogP) is 2.45. The maximum Gasteiger partial charge on any atom is 0.119 e. The second-order valence-corrected chi connectivity index (χ2v) is 4.62.